The summed E-state index contributed by atoms with van der Waals surface area (Å²) in [6, 6.07) is 3.13. The second-order valence-corrected chi connectivity index (χ2v) is 6.95. The predicted octanol–water partition coefficient (Wildman–Crippen LogP) is 2.35. The first kappa shape index (κ1) is 13.3. The molecule has 0 saturated heterocycles. The highest BCUT2D eigenvalue weighted by atomic mass is 35.7. The van der Waals surface area contributed by atoms with Crippen LogP contribution in [0.5, 0.6) is 0 Å². The standard InChI is InChI=1S/C11H11ClFNO3S/c1-6-4-8(6)11(15)14-10-3-2-7(5-9(10)13)18(12,16)17/h2-3,5-6,8H,4H2,1H3,(H,14,15). The smallest absolute Gasteiger partial charge is 0.261 e. The van der Waals surface area contributed by atoms with Crippen molar-refractivity contribution >= 4 is 31.3 Å². The summed E-state index contributed by atoms with van der Waals surface area (Å²) in [4.78, 5) is 11.3. The van der Waals surface area contributed by atoms with Gasteiger partial charge >= 0.3 is 0 Å². The molecule has 1 amide bonds. The summed E-state index contributed by atoms with van der Waals surface area (Å²) in [6.07, 6.45) is 0.793. The first-order valence-corrected chi connectivity index (χ1v) is 7.65. The van der Waals surface area contributed by atoms with Gasteiger partial charge in [0.1, 0.15) is 5.82 Å². The molecule has 98 valence electrons. The highest BCUT2D eigenvalue weighted by Crippen LogP contribution is 2.38. The van der Waals surface area contributed by atoms with Crippen molar-refractivity contribution < 1.29 is 17.6 Å². The number of anilines is 1. The Morgan fingerprint density at radius 1 is 1.50 bits per heavy atom. The predicted molar refractivity (Wildman–Crippen MR) is 65.3 cm³/mol. The maximum Gasteiger partial charge on any atom is 0.261 e. The van der Waals surface area contributed by atoms with E-state index in [1.54, 1.807) is 0 Å². The van der Waals surface area contributed by atoms with Gasteiger partial charge < -0.3 is 5.32 Å². The molecule has 1 aliphatic rings. The van der Waals surface area contributed by atoms with Crippen LogP contribution in [0.2, 0.25) is 0 Å². The Labute approximate surface area is 109 Å². The molecule has 2 rings (SSSR count). The lowest BCUT2D eigenvalue weighted by atomic mass is 10.2. The average Bonchev–Trinajstić information content (AvgIpc) is 2.97. The maximum absolute atomic E-state index is 13.6. The summed E-state index contributed by atoms with van der Waals surface area (Å²) in [7, 11) is 1.12. The van der Waals surface area contributed by atoms with Crippen LogP contribution in [-0.2, 0) is 13.8 Å². The summed E-state index contributed by atoms with van der Waals surface area (Å²) < 4.78 is 35.6. The van der Waals surface area contributed by atoms with E-state index in [0.29, 0.717) is 5.92 Å². The number of hydrogen-bond donors (Lipinski definition) is 1. The molecular formula is C11H11ClFNO3S. The number of rotatable bonds is 3. The van der Waals surface area contributed by atoms with Gasteiger partial charge in [-0.3, -0.25) is 4.79 Å². The van der Waals surface area contributed by atoms with Gasteiger partial charge in [0.2, 0.25) is 5.91 Å². The summed E-state index contributed by atoms with van der Waals surface area (Å²) in [6.45, 7) is 1.93. The lowest BCUT2D eigenvalue weighted by Crippen LogP contribution is -2.15. The number of carbonyl (C=O) groups is 1. The van der Waals surface area contributed by atoms with Crippen molar-refractivity contribution in [3.05, 3.63) is 24.0 Å². The number of nitrogens with one attached hydrogen (secondary N) is 1. The van der Waals surface area contributed by atoms with Crippen molar-refractivity contribution in [2.45, 2.75) is 18.2 Å². The highest BCUT2D eigenvalue weighted by Gasteiger charge is 2.39. The van der Waals surface area contributed by atoms with Gasteiger partial charge in [-0.05, 0) is 30.5 Å². The van der Waals surface area contributed by atoms with Gasteiger partial charge in [-0.2, -0.15) is 0 Å². The minimum atomic E-state index is -3.96. The minimum Gasteiger partial charge on any atom is -0.323 e. The Morgan fingerprint density at radius 3 is 2.56 bits per heavy atom. The zero-order chi connectivity index (χ0) is 13.5. The van der Waals surface area contributed by atoms with Gasteiger partial charge in [-0.15, -0.1) is 0 Å². The third kappa shape index (κ3) is 2.81. The molecule has 0 spiro atoms. The molecule has 1 fully saturated rings. The minimum absolute atomic E-state index is 0.0387. The summed E-state index contributed by atoms with van der Waals surface area (Å²) in [5.74, 6) is -0.836. The zero-order valence-electron chi connectivity index (χ0n) is 9.48. The number of hydrogen-bond acceptors (Lipinski definition) is 3. The lowest BCUT2D eigenvalue weighted by Gasteiger charge is -2.06. The third-order valence-electron chi connectivity index (χ3n) is 2.93. The summed E-state index contributed by atoms with van der Waals surface area (Å²) in [5.41, 5.74) is -0.0387. The molecule has 0 radical (unpaired) electrons. The Bertz CT molecular complexity index is 602. The van der Waals surface area contributed by atoms with Gasteiger partial charge in [0.25, 0.3) is 9.05 Å². The SMILES string of the molecule is CC1CC1C(=O)Nc1ccc(S(=O)(=O)Cl)cc1F. The van der Waals surface area contributed by atoms with Crippen LogP contribution in [0.15, 0.2) is 23.1 Å². The molecule has 1 aliphatic carbocycles. The Hall–Kier alpha value is -1.14. The molecule has 2 atom stereocenters. The van der Waals surface area contributed by atoms with Crippen molar-refractivity contribution in [1.29, 1.82) is 0 Å². The van der Waals surface area contributed by atoms with Crippen molar-refractivity contribution in [2.75, 3.05) is 5.32 Å². The van der Waals surface area contributed by atoms with E-state index < -0.39 is 14.9 Å². The van der Waals surface area contributed by atoms with Gasteiger partial charge in [0.15, 0.2) is 0 Å². The monoisotopic (exact) mass is 291 g/mol. The molecule has 0 bridgehead atoms. The van der Waals surface area contributed by atoms with Crippen molar-refractivity contribution in [2.24, 2.45) is 11.8 Å². The molecule has 0 aromatic heterocycles. The van der Waals surface area contributed by atoms with E-state index in [4.69, 9.17) is 10.7 Å². The normalized spacial score (nSPS) is 22.6. The summed E-state index contributed by atoms with van der Waals surface area (Å²) in [5, 5.41) is 2.43. The zero-order valence-corrected chi connectivity index (χ0v) is 11.1. The van der Waals surface area contributed by atoms with Crippen LogP contribution < -0.4 is 5.32 Å². The average molecular weight is 292 g/mol. The molecule has 4 nitrogen and oxygen atoms in total. The van der Waals surface area contributed by atoms with Crippen LogP contribution in [0.4, 0.5) is 10.1 Å². The molecule has 1 saturated carbocycles. The molecule has 0 aliphatic heterocycles. The van der Waals surface area contributed by atoms with Gasteiger partial charge in [-0.1, -0.05) is 6.92 Å². The molecule has 2 unspecified atom stereocenters. The van der Waals surface area contributed by atoms with Gasteiger partial charge in [0, 0.05) is 16.6 Å². The van der Waals surface area contributed by atoms with Crippen molar-refractivity contribution in [3.8, 4) is 0 Å². The molecule has 1 aromatic rings. The van der Waals surface area contributed by atoms with E-state index in [9.17, 15) is 17.6 Å². The third-order valence-corrected chi connectivity index (χ3v) is 4.28. The second kappa shape index (κ2) is 4.51. The van der Waals surface area contributed by atoms with Gasteiger partial charge in [-0.25, -0.2) is 12.8 Å². The fourth-order valence-electron chi connectivity index (χ4n) is 1.66. The quantitative estimate of drug-likeness (QED) is 0.870. The maximum atomic E-state index is 13.6. The van der Waals surface area contributed by atoms with Crippen LogP contribution in [0.1, 0.15) is 13.3 Å². The number of halogens is 2. The molecular weight excluding hydrogens is 281 g/mol. The molecule has 18 heavy (non-hydrogen) atoms. The largest absolute Gasteiger partial charge is 0.323 e. The number of carbonyl (C=O) groups excluding carboxylic acids is 1. The number of amides is 1. The highest BCUT2D eigenvalue weighted by molar-refractivity contribution is 8.13. The number of benzene rings is 1. The van der Waals surface area contributed by atoms with E-state index in [1.807, 2.05) is 6.92 Å². The van der Waals surface area contributed by atoms with E-state index >= 15 is 0 Å². The van der Waals surface area contributed by atoms with Crippen molar-refractivity contribution in [1.82, 2.24) is 0 Å². The lowest BCUT2D eigenvalue weighted by molar-refractivity contribution is -0.117. The molecule has 0 heterocycles. The molecule has 1 aromatic carbocycles. The second-order valence-electron chi connectivity index (χ2n) is 4.39. The molecule has 7 heteroatoms. The fourth-order valence-corrected chi connectivity index (χ4v) is 2.42. The van der Waals surface area contributed by atoms with Crippen molar-refractivity contribution in [3.63, 3.8) is 0 Å². The van der Waals surface area contributed by atoms with Gasteiger partial charge in [0.05, 0.1) is 10.6 Å². The first-order chi connectivity index (χ1) is 8.29. The van der Waals surface area contributed by atoms with E-state index in [2.05, 4.69) is 5.32 Å². The molecule has 1 N–H and O–H groups in total. The van der Waals surface area contributed by atoms with E-state index in [1.165, 1.54) is 6.07 Å². The van der Waals surface area contributed by atoms with E-state index in [0.717, 1.165) is 18.6 Å². The van der Waals surface area contributed by atoms with Crippen LogP contribution >= 0.6 is 10.7 Å². The van der Waals surface area contributed by atoms with Crippen LogP contribution in [0, 0.1) is 17.7 Å². The van der Waals surface area contributed by atoms with Crippen LogP contribution in [0.3, 0.4) is 0 Å². The summed E-state index contributed by atoms with van der Waals surface area (Å²) >= 11 is 0. The van der Waals surface area contributed by atoms with Crippen LogP contribution in [0.25, 0.3) is 0 Å². The first-order valence-electron chi connectivity index (χ1n) is 5.34. The Kier molecular flexibility index (Phi) is 3.33. The Balaban J connectivity index is 2.18. The van der Waals surface area contributed by atoms with Crippen LogP contribution in [-0.4, -0.2) is 14.3 Å². The fraction of sp³-hybridized carbons (Fsp3) is 0.364. The Morgan fingerprint density at radius 2 is 2.11 bits per heavy atom. The topological polar surface area (TPSA) is 63.2 Å². The van der Waals surface area contributed by atoms with E-state index in [-0.39, 0.29) is 22.4 Å².